The van der Waals surface area contributed by atoms with Gasteiger partial charge in [0.15, 0.2) is 6.33 Å². The molecule has 1 saturated carbocycles. The highest BCUT2D eigenvalue weighted by Crippen LogP contribution is 2.24. The van der Waals surface area contributed by atoms with Crippen molar-refractivity contribution >= 4 is 5.84 Å². The quantitative estimate of drug-likeness (QED) is 0.595. The van der Waals surface area contributed by atoms with E-state index in [2.05, 4.69) is 15.1 Å². The summed E-state index contributed by atoms with van der Waals surface area (Å²) in [5.41, 5.74) is 5.90. The van der Waals surface area contributed by atoms with Crippen molar-refractivity contribution in [2.75, 3.05) is 6.54 Å². The highest BCUT2D eigenvalue weighted by atomic mass is 16.5. The second-order valence-electron chi connectivity index (χ2n) is 3.87. The Balaban J connectivity index is 1.78. The molecule has 0 amide bonds. The van der Waals surface area contributed by atoms with Gasteiger partial charge in [0.25, 0.3) is 0 Å². The lowest BCUT2D eigenvalue weighted by atomic mass is 10.1. The standard InChI is InChI=1S/C10H16N4O/c11-10(8-3-1-2-4-8)12-6-5-9-13-7-14-15-9/h7-8H,1-6H2,(H2,11,12). The Morgan fingerprint density at radius 3 is 3.00 bits per heavy atom. The predicted octanol–water partition coefficient (Wildman–Crippen LogP) is 1.16. The Morgan fingerprint density at radius 1 is 1.53 bits per heavy atom. The van der Waals surface area contributed by atoms with Crippen molar-refractivity contribution in [2.24, 2.45) is 16.6 Å². The van der Waals surface area contributed by atoms with E-state index in [1.807, 2.05) is 0 Å². The second-order valence-corrected chi connectivity index (χ2v) is 3.87. The van der Waals surface area contributed by atoms with E-state index >= 15 is 0 Å². The van der Waals surface area contributed by atoms with E-state index < -0.39 is 0 Å². The highest BCUT2D eigenvalue weighted by Gasteiger charge is 2.18. The first kappa shape index (κ1) is 10.1. The van der Waals surface area contributed by atoms with Crippen LogP contribution in [0.4, 0.5) is 0 Å². The van der Waals surface area contributed by atoms with Crippen LogP contribution in [0.15, 0.2) is 15.8 Å². The van der Waals surface area contributed by atoms with Gasteiger partial charge < -0.3 is 10.3 Å². The van der Waals surface area contributed by atoms with Crippen LogP contribution in [-0.2, 0) is 6.42 Å². The molecule has 0 spiro atoms. The summed E-state index contributed by atoms with van der Waals surface area (Å²) in [5, 5.41) is 3.53. The van der Waals surface area contributed by atoms with Crippen LogP contribution >= 0.6 is 0 Å². The Morgan fingerprint density at radius 2 is 2.33 bits per heavy atom. The maximum Gasteiger partial charge on any atom is 0.228 e. The van der Waals surface area contributed by atoms with Crippen LogP contribution in [0, 0.1) is 5.92 Å². The molecule has 2 rings (SSSR count). The van der Waals surface area contributed by atoms with Crippen LogP contribution in [0.3, 0.4) is 0 Å². The first-order valence-corrected chi connectivity index (χ1v) is 5.41. The Hall–Kier alpha value is -1.39. The molecule has 82 valence electrons. The van der Waals surface area contributed by atoms with E-state index in [0.29, 0.717) is 24.8 Å². The number of amidine groups is 1. The van der Waals surface area contributed by atoms with Gasteiger partial charge in [-0.05, 0) is 12.8 Å². The summed E-state index contributed by atoms with van der Waals surface area (Å²) in [6.07, 6.45) is 7.02. The van der Waals surface area contributed by atoms with Gasteiger partial charge in [0, 0.05) is 18.9 Å². The zero-order valence-corrected chi connectivity index (χ0v) is 8.72. The van der Waals surface area contributed by atoms with Gasteiger partial charge in [0.2, 0.25) is 5.89 Å². The summed E-state index contributed by atoms with van der Waals surface area (Å²) >= 11 is 0. The molecule has 5 nitrogen and oxygen atoms in total. The molecule has 2 N–H and O–H groups in total. The maximum absolute atomic E-state index is 5.90. The van der Waals surface area contributed by atoms with Crippen LogP contribution in [0.25, 0.3) is 0 Å². The fraction of sp³-hybridized carbons (Fsp3) is 0.700. The molecule has 15 heavy (non-hydrogen) atoms. The van der Waals surface area contributed by atoms with Gasteiger partial charge in [-0.15, -0.1) is 0 Å². The molecule has 0 bridgehead atoms. The van der Waals surface area contributed by atoms with Gasteiger partial charge in [-0.1, -0.05) is 18.0 Å². The molecule has 0 radical (unpaired) electrons. The molecular formula is C10H16N4O. The van der Waals surface area contributed by atoms with E-state index in [4.69, 9.17) is 10.3 Å². The minimum atomic E-state index is 0.507. The summed E-state index contributed by atoms with van der Waals surface area (Å²) in [5.74, 6) is 1.93. The molecule has 5 heteroatoms. The zero-order chi connectivity index (χ0) is 10.5. The number of nitrogens with two attached hydrogens (primary N) is 1. The summed E-state index contributed by atoms with van der Waals surface area (Å²) < 4.78 is 4.87. The number of hydrogen-bond acceptors (Lipinski definition) is 4. The van der Waals surface area contributed by atoms with Crippen LogP contribution in [0.5, 0.6) is 0 Å². The third kappa shape index (κ3) is 2.78. The maximum atomic E-state index is 5.90. The van der Waals surface area contributed by atoms with Crippen molar-refractivity contribution < 1.29 is 4.52 Å². The average Bonchev–Trinajstić information content (AvgIpc) is 2.90. The van der Waals surface area contributed by atoms with Crippen molar-refractivity contribution in [1.82, 2.24) is 10.1 Å². The van der Waals surface area contributed by atoms with Gasteiger partial charge in [-0.2, -0.15) is 4.98 Å². The summed E-state index contributed by atoms with van der Waals surface area (Å²) in [6.45, 7) is 0.643. The van der Waals surface area contributed by atoms with Crippen molar-refractivity contribution in [3.05, 3.63) is 12.2 Å². The number of nitrogens with zero attached hydrogens (tertiary/aromatic N) is 3. The summed E-state index contributed by atoms with van der Waals surface area (Å²) in [4.78, 5) is 8.27. The first-order chi connectivity index (χ1) is 7.36. The predicted molar refractivity (Wildman–Crippen MR) is 56.4 cm³/mol. The SMILES string of the molecule is NC(=NCCc1ncno1)C1CCCC1. The Kier molecular flexibility index (Phi) is 3.32. The summed E-state index contributed by atoms with van der Waals surface area (Å²) in [7, 11) is 0. The third-order valence-electron chi connectivity index (χ3n) is 2.80. The summed E-state index contributed by atoms with van der Waals surface area (Å²) in [6, 6.07) is 0. The number of aliphatic imine (C=N–C) groups is 1. The molecule has 1 heterocycles. The van der Waals surface area contributed by atoms with Crippen LogP contribution in [-0.4, -0.2) is 22.5 Å². The topological polar surface area (TPSA) is 77.3 Å². The van der Waals surface area contributed by atoms with E-state index in [1.165, 1.54) is 32.0 Å². The molecular weight excluding hydrogens is 192 g/mol. The third-order valence-corrected chi connectivity index (χ3v) is 2.80. The van der Waals surface area contributed by atoms with Crippen LogP contribution < -0.4 is 5.73 Å². The minimum Gasteiger partial charge on any atom is -0.387 e. The van der Waals surface area contributed by atoms with Crippen LogP contribution in [0.1, 0.15) is 31.6 Å². The van der Waals surface area contributed by atoms with E-state index in [9.17, 15) is 0 Å². The molecule has 1 aliphatic rings. The first-order valence-electron chi connectivity index (χ1n) is 5.41. The fourth-order valence-electron chi connectivity index (χ4n) is 1.94. The molecule has 1 aliphatic carbocycles. The number of rotatable bonds is 4. The van der Waals surface area contributed by atoms with Crippen molar-refractivity contribution in [3.63, 3.8) is 0 Å². The largest absolute Gasteiger partial charge is 0.387 e. The van der Waals surface area contributed by atoms with Crippen molar-refractivity contribution in [2.45, 2.75) is 32.1 Å². The van der Waals surface area contributed by atoms with Gasteiger partial charge in [-0.3, -0.25) is 4.99 Å². The van der Waals surface area contributed by atoms with Crippen molar-refractivity contribution in [1.29, 1.82) is 0 Å². The normalized spacial score (nSPS) is 18.5. The van der Waals surface area contributed by atoms with Crippen LogP contribution in [0.2, 0.25) is 0 Å². The molecule has 1 aromatic heterocycles. The highest BCUT2D eigenvalue weighted by molar-refractivity contribution is 5.83. The second kappa shape index (κ2) is 4.91. The lowest BCUT2D eigenvalue weighted by molar-refractivity contribution is 0.379. The monoisotopic (exact) mass is 208 g/mol. The van der Waals surface area contributed by atoms with E-state index in [-0.39, 0.29) is 0 Å². The van der Waals surface area contributed by atoms with Gasteiger partial charge in [0.1, 0.15) is 0 Å². The zero-order valence-electron chi connectivity index (χ0n) is 8.72. The Bertz CT molecular complexity index is 314. The van der Waals surface area contributed by atoms with Gasteiger partial charge in [-0.25, -0.2) is 0 Å². The molecule has 0 aliphatic heterocycles. The molecule has 0 aromatic carbocycles. The number of aromatic nitrogens is 2. The lowest BCUT2D eigenvalue weighted by Gasteiger charge is -2.07. The van der Waals surface area contributed by atoms with Gasteiger partial charge >= 0.3 is 0 Å². The number of hydrogen-bond donors (Lipinski definition) is 1. The minimum absolute atomic E-state index is 0.507. The lowest BCUT2D eigenvalue weighted by Crippen LogP contribution is -2.21. The van der Waals surface area contributed by atoms with Gasteiger partial charge in [0.05, 0.1) is 5.84 Å². The molecule has 1 aromatic rings. The average molecular weight is 208 g/mol. The molecule has 0 atom stereocenters. The molecule has 0 unspecified atom stereocenters. The van der Waals surface area contributed by atoms with Crippen molar-refractivity contribution in [3.8, 4) is 0 Å². The van der Waals surface area contributed by atoms with E-state index in [0.717, 1.165) is 5.84 Å². The smallest absolute Gasteiger partial charge is 0.228 e. The molecule has 0 saturated heterocycles. The Labute approximate surface area is 88.8 Å². The fourth-order valence-corrected chi connectivity index (χ4v) is 1.94. The molecule has 1 fully saturated rings. The van der Waals surface area contributed by atoms with E-state index in [1.54, 1.807) is 0 Å².